The van der Waals surface area contributed by atoms with Crippen LogP contribution in [0.2, 0.25) is 0 Å². The monoisotopic (exact) mass is 1080 g/mol. The molecular formula is C77H88BN3O. The molecule has 420 valence electrons. The molecule has 6 aliphatic rings. The molecule has 1 fully saturated rings. The van der Waals surface area contributed by atoms with Crippen molar-refractivity contribution in [3.05, 3.63) is 172 Å². The molecule has 4 heterocycles. The molecule has 0 radical (unpaired) electrons. The van der Waals surface area contributed by atoms with E-state index in [1.807, 2.05) is 0 Å². The van der Waals surface area contributed by atoms with E-state index in [0.717, 1.165) is 60.4 Å². The molecule has 0 bridgehead atoms. The maximum Gasteiger partial charge on any atom is 0.297 e. The standard InChI is InChI=1S/C77H88BN3O/c1-47-39-56-58(74(12,13)37-35-72(56,8)9)45-62(47)80-63-42-54(79(52-29-25-50(26-30-52)70(2,3)4)53-31-27-51(28-32-53)71(5,6)7)43-64-66(63)78(69-67(80)55-44-57-59(46-65(55)82-69)75(14,15)38-36-73(57,10)11)61-41-49(48-23-19-18-20-24-48)40-60-68(61)81(64)77(17)34-22-21-33-76(60,77)16/h18-20,23-32,39-46H,21-22,33-38H2,1-17H3. The molecule has 8 aromatic rings. The van der Waals surface area contributed by atoms with Crippen LogP contribution in [0.3, 0.4) is 0 Å². The maximum atomic E-state index is 7.94. The molecule has 0 spiro atoms. The number of rotatable bonds is 5. The molecule has 3 aliphatic carbocycles. The van der Waals surface area contributed by atoms with Crippen LogP contribution in [-0.2, 0) is 37.9 Å². The number of hydrogen-bond donors (Lipinski definition) is 0. The van der Waals surface area contributed by atoms with Crippen LogP contribution < -0.4 is 31.3 Å². The van der Waals surface area contributed by atoms with E-state index in [2.05, 4.69) is 260 Å². The van der Waals surface area contributed by atoms with Crippen molar-refractivity contribution in [3.63, 3.8) is 0 Å². The Morgan fingerprint density at radius 3 is 1.57 bits per heavy atom. The Morgan fingerprint density at radius 1 is 0.476 bits per heavy atom. The number of nitrogens with zero attached hydrogens (tertiary/aromatic N) is 3. The fourth-order valence-electron chi connectivity index (χ4n) is 16.7. The minimum absolute atomic E-state index is 0.00121. The first kappa shape index (κ1) is 53.5. The van der Waals surface area contributed by atoms with E-state index < -0.39 is 0 Å². The van der Waals surface area contributed by atoms with Crippen LogP contribution in [0, 0.1) is 6.92 Å². The van der Waals surface area contributed by atoms with Gasteiger partial charge in [-0.1, -0.05) is 183 Å². The van der Waals surface area contributed by atoms with Gasteiger partial charge in [-0.25, -0.2) is 0 Å². The van der Waals surface area contributed by atoms with Gasteiger partial charge in [-0.15, -0.1) is 0 Å². The first-order chi connectivity index (χ1) is 38.5. The quantitative estimate of drug-likeness (QED) is 0.160. The van der Waals surface area contributed by atoms with Crippen molar-refractivity contribution in [2.24, 2.45) is 0 Å². The smallest absolute Gasteiger partial charge is 0.297 e. The summed E-state index contributed by atoms with van der Waals surface area (Å²) in [5, 5.41) is 1.21. The van der Waals surface area contributed by atoms with Crippen LogP contribution in [0.4, 0.5) is 45.5 Å². The fourth-order valence-corrected chi connectivity index (χ4v) is 16.7. The molecule has 2 unspecified atom stereocenters. The summed E-state index contributed by atoms with van der Waals surface area (Å²) in [6.07, 6.45) is 9.28. The molecule has 0 saturated heterocycles. The third-order valence-electron chi connectivity index (χ3n) is 22.3. The number of aryl methyl sites for hydroxylation is 1. The van der Waals surface area contributed by atoms with Gasteiger partial charge in [0.1, 0.15) is 5.58 Å². The van der Waals surface area contributed by atoms with Gasteiger partial charge in [-0.2, -0.15) is 0 Å². The van der Waals surface area contributed by atoms with Gasteiger partial charge in [0, 0.05) is 44.9 Å². The highest BCUT2D eigenvalue weighted by Crippen LogP contribution is 2.64. The van der Waals surface area contributed by atoms with Crippen molar-refractivity contribution in [2.45, 2.75) is 213 Å². The summed E-state index contributed by atoms with van der Waals surface area (Å²) in [4.78, 5) is 8.23. The van der Waals surface area contributed by atoms with Gasteiger partial charge in [0.25, 0.3) is 6.71 Å². The molecule has 2 atom stereocenters. The Kier molecular flexibility index (Phi) is 11.3. The van der Waals surface area contributed by atoms with Crippen molar-refractivity contribution in [2.75, 3.05) is 14.7 Å². The van der Waals surface area contributed by atoms with Crippen LogP contribution in [0.25, 0.3) is 22.1 Å². The second kappa shape index (κ2) is 17.3. The third-order valence-corrected chi connectivity index (χ3v) is 22.3. The lowest BCUT2D eigenvalue weighted by atomic mass is 9.35. The second-order valence-electron chi connectivity index (χ2n) is 31.5. The normalized spacial score (nSPS) is 22.2. The zero-order valence-corrected chi connectivity index (χ0v) is 52.6. The lowest BCUT2D eigenvalue weighted by Crippen LogP contribution is -2.64. The molecule has 1 aromatic heterocycles. The average molecular weight is 1080 g/mol. The lowest BCUT2D eigenvalue weighted by molar-refractivity contribution is 0.195. The van der Waals surface area contributed by atoms with Crippen LogP contribution >= 0.6 is 0 Å². The number of anilines is 8. The van der Waals surface area contributed by atoms with Crippen molar-refractivity contribution in [3.8, 4) is 11.1 Å². The molecule has 14 rings (SSSR count). The van der Waals surface area contributed by atoms with Gasteiger partial charge in [0.05, 0.1) is 22.6 Å². The van der Waals surface area contributed by atoms with Crippen molar-refractivity contribution in [1.82, 2.24) is 0 Å². The molecule has 5 heteroatoms. The van der Waals surface area contributed by atoms with Crippen LogP contribution in [-0.4, -0.2) is 12.3 Å². The average Bonchev–Trinajstić information content (AvgIpc) is 1.48. The second-order valence-corrected chi connectivity index (χ2v) is 31.5. The van der Waals surface area contributed by atoms with Gasteiger partial charge in [-0.05, 0) is 212 Å². The predicted octanol–water partition coefficient (Wildman–Crippen LogP) is 19.5. The molecule has 0 amide bonds. The molecule has 7 aromatic carbocycles. The van der Waals surface area contributed by atoms with E-state index in [9.17, 15) is 0 Å². The zero-order valence-electron chi connectivity index (χ0n) is 52.6. The topological polar surface area (TPSA) is 22.9 Å². The fraction of sp³-hybridized carbons (Fsp3) is 0.429. The summed E-state index contributed by atoms with van der Waals surface area (Å²) in [5.41, 5.74) is 28.3. The summed E-state index contributed by atoms with van der Waals surface area (Å²) >= 11 is 0. The Bertz CT molecular complexity index is 3890. The maximum absolute atomic E-state index is 7.94. The SMILES string of the molecule is Cc1cc2c(cc1N1c3cc(N(c4ccc(C(C)(C)C)cc4)c4ccc(C(C)(C)C)cc4)cc4c3B(c3cc(-c5ccccc5)cc5c3N4C3(C)CCCCC53C)c3oc4cc5c(cc4c31)C(C)(C)CCC5(C)C)C(C)(C)CCC2(C)C. The predicted molar refractivity (Wildman–Crippen MR) is 351 cm³/mol. The largest absolute Gasteiger partial charge is 0.468 e. The first-order valence-corrected chi connectivity index (χ1v) is 31.3. The Balaban J connectivity index is 1.15. The summed E-state index contributed by atoms with van der Waals surface area (Å²) < 4.78 is 7.94. The van der Waals surface area contributed by atoms with E-state index in [4.69, 9.17) is 4.42 Å². The summed E-state index contributed by atoms with van der Waals surface area (Å²) in [7, 11) is 0. The first-order valence-electron chi connectivity index (χ1n) is 31.3. The van der Waals surface area contributed by atoms with Gasteiger partial charge in [-0.3, -0.25) is 0 Å². The third kappa shape index (κ3) is 7.61. The van der Waals surface area contributed by atoms with Crippen molar-refractivity contribution >= 4 is 79.8 Å². The van der Waals surface area contributed by atoms with E-state index in [-0.39, 0.29) is 50.2 Å². The number of hydrogen-bond acceptors (Lipinski definition) is 4. The van der Waals surface area contributed by atoms with Crippen LogP contribution in [0.15, 0.2) is 132 Å². The molecule has 82 heavy (non-hydrogen) atoms. The van der Waals surface area contributed by atoms with E-state index in [0.29, 0.717) is 0 Å². The number of fused-ring (bicyclic) bond motifs is 11. The number of furan rings is 1. The van der Waals surface area contributed by atoms with E-state index >= 15 is 0 Å². The highest BCUT2D eigenvalue weighted by molar-refractivity contribution is 7.00. The Hall–Kier alpha value is -6.46. The summed E-state index contributed by atoms with van der Waals surface area (Å²) in [6.45, 7) is 41.2. The minimum atomic E-state index is -0.199. The summed E-state index contributed by atoms with van der Waals surface area (Å²) in [6, 6.07) is 51.0. The summed E-state index contributed by atoms with van der Waals surface area (Å²) in [5.74, 6) is 0. The Morgan fingerprint density at radius 2 is 1.00 bits per heavy atom. The Labute approximate surface area is 491 Å². The van der Waals surface area contributed by atoms with E-state index in [1.165, 1.54) is 120 Å². The van der Waals surface area contributed by atoms with Crippen LogP contribution in [0.1, 0.15) is 207 Å². The molecule has 1 saturated carbocycles. The molecule has 4 nitrogen and oxygen atoms in total. The number of benzene rings is 7. The molecule has 0 N–H and O–H groups in total. The van der Waals surface area contributed by atoms with Gasteiger partial charge in [0.15, 0.2) is 0 Å². The lowest BCUT2D eigenvalue weighted by Gasteiger charge is -2.52. The zero-order chi connectivity index (χ0) is 57.8. The van der Waals surface area contributed by atoms with Crippen LogP contribution in [0.5, 0.6) is 0 Å². The van der Waals surface area contributed by atoms with Gasteiger partial charge >= 0.3 is 0 Å². The highest BCUT2D eigenvalue weighted by Gasteiger charge is 2.62. The van der Waals surface area contributed by atoms with E-state index in [1.54, 1.807) is 0 Å². The highest BCUT2D eigenvalue weighted by atomic mass is 16.3. The van der Waals surface area contributed by atoms with Crippen molar-refractivity contribution < 1.29 is 4.42 Å². The van der Waals surface area contributed by atoms with Gasteiger partial charge < -0.3 is 19.1 Å². The van der Waals surface area contributed by atoms with Crippen molar-refractivity contribution in [1.29, 1.82) is 0 Å². The molecule has 3 aliphatic heterocycles. The minimum Gasteiger partial charge on any atom is -0.468 e. The molecular weight excluding hydrogens is 994 g/mol. The van der Waals surface area contributed by atoms with Gasteiger partial charge in [0.2, 0.25) is 0 Å².